The molecule has 7 heteroatoms. The fraction of sp³-hybridized carbons (Fsp3) is 0.480. The Balaban J connectivity index is 1.54. The molecule has 0 bridgehead atoms. The summed E-state index contributed by atoms with van der Waals surface area (Å²) in [6.45, 7) is 4.57. The lowest BCUT2D eigenvalue weighted by molar-refractivity contribution is -0.143. The monoisotopic (exact) mass is 436 g/mol. The predicted molar refractivity (Wildman–Crippen MR) is 125 cm³/mol. The van der Waals surface area contributed by atoms with Gasteiger partial charge in [-0.25, -0.2) is 0 Å². The molecule has 3 amide bonds. The molecule has 2 fully saturated rings. The van der Waals surface area contributed by atoms with Crippen molar-refractivity contribution < 1.29 is 14.4 Å². The average molecular weight is 437 g/mol. The largest absolute Gasteiger partial charge is 0.344 e. The molecule has 0 spiro atoms. The molecule has 2 aromatic carbocycles. The van der Waals surface area contributed by atoms with Gasteiger partial charge in [0, 0.05) is 17.0 Å². The van der Waals surface area contributed by atoms with Crippen LogP contribution in [0.5, 0.6) is 0 Å². The summed E-state index contributed by atoms with van der Waals surface area (Å²) in [4.78, 5) is 41.0. The van der Waals surface area contributed by atoms with E-state index in [1.54, 1.807) is 4.90 Å². The van der Waals surface area contributed by atoms with Crippen LogP contribution in [0.2, 0.25) is 0 Å². The zero-order valence-corrected chi connectivity index (χ0v) is 18.8. The summed E-state index contributed by atoms with van der Waals surface area (Å²) >= 11 is 0. The van der Waals surface area contributed by atoms with Crippen molar-refractivity contribution in [2.45, 2.75) is 64.2 Å². The van der Waals surface area contributed by atoms with Gasteiger partial charge >= 0.3 is 0 Å². The van der Waals surface area contributed by atoms with Crippen molar-refractivity contribution in [3.05, 3.63) is 42.5 Å². The van der Waals surface area contributed by atoms with E-state index in [9.17, 15) is 14.4 Å². The lowest BCUT2D eigenvalue weighted by Gasteiger charge is -2.35. The number of carbonyl (C=O) groups is 3. The van der Waals surface area contributed by atoms with Gasteiger partial charge in [-0.15, -0.1) is 0 Å². The molecule has 32 heavy (non-hydrogen) atoms. The second kappa shape index (κ2) is 9.69. The molecule has 2 saturated heterocycles. The summed E-state index contributed by atoms with van der Waals surface area (Å²) in [5.41, 5.74) is 0.741. The molecule has 3 N–H and O–H groups in total. The predicted octanol–water partition coefficient (Wildman–Crippen LogP) is 3.01. The number of hydrogen-bond donors (Lipinski definition) is 3. The van der Waals surface area contributed by atoms with Crippen LogP contribution in [0, 0.1) is 5.92 Å². The lowest BCUT2D eigenvalue weighted by atomic mass is 10.0. The first-order valence-electron chi connectivity index (χ1n) is 11.6. The first kappa shape index (κ1) is 22.3. The number of carbonyl (C=O) groups excluding carboxylic acids is 3. The Kier molecular flexibility index (Phi) is 6.74. The van der Waals surface area contributed by atoms with Gasteiger partial charge in [-0.1, -0.05) is 50.2 Å². The van der Waals surface area contributed by atoms with Crippen LogP contribution in [0.15, 0.2) is 42.5 Å². The quantitative estimate of drug-likeness (QED) is 0.672. The maximum absolute atomic E-state index is 13.5. The third-order valence-corrected chi connectivity index (χ3v) is 6.71. The first-order chi connectivity index (χ1) is 15.5. The zero-order chi connectivity index (χ0) is 22.7. The van der Waals surface area contributed by atoms with E-state index in [1.165, 1.54) is 0 Å². The minimum absolute atomic E-state index is 0.105. The van der Waals surface area contributed by atoms with E-state index < -0.39 is 12.1 Å². The Morgan fingerprint density at radius 2 is 1.91 bits per heavy atom. The van der Waals surface area contributed by atoms with E-state index in [4.69, 9.17) is 0 Å². The van der Waals surface area contributed by atoms with Crippen LogP contribution in [-0.2, 0) is 14.4 Å². The van der Waals surface area contributed by atoms with Gasteiger partial charge in [0.25, 0.3) is 0 Å². The summed E-state index contributed by atoms with van der Waals surface area (Å²) in [6.07, 6.45) is 3.20. The Hall–Kier alpha value is -2.93. The number of rotatable bonds is 5. The summed E-state index contributed by atoms with van der Waals surface area (Å²) in [7, 11) is 0. The molecule has 0 radical (unpaired) electrons. The number of hydrogen-bond acceptors (Lipinski definition) is 4. The molecule has 2 heterocycles. The van der Waals surface area contributed by atoms with Crippen LogP contribution < -0.4 is 16.0 Å². The number of amides is 3. The van der Waals surface area contributed by atoms with Crippen LogP contribution in [0.4, 0.5) is 5.69 Å². The van der Waals surface area contributed by atoms with Crippen LogP contribution in [0.1, 0.15) is 46.0 Å². The lowest BCUT2D eigenvalue weighted by Crippen LogP contribution is -2.59. The number of anilines is 1. The maximum atomic E-state index is 13.5. The molecule has 2 aliphatic rings. The van der Waals surface area contributed by atoms with Crippen LogP contribution in [0.3, 0.4) is 0 Å². The molecule has 4 atom stereocenters. The summed E-state index contributed by atoms with van der Waals surface area (Å²) in [6, 6.07) is 12.5. The highest BCUT2D eigenvalue weighted by Crippen LogP contribution is 2.29. The topological polar surface area (TPSA) is 90.5 Å². The smallest absolute Gasteiger partial charge is 0.247 e. The summed E-state index contributed by atoms with van der Waals surface area (Å²) < 4.78 is 0. The standard InChI is InChI=1S/C25H32N4O3/c1-3-16(2)23(30)28-20-12-7-15-26-22-14-13-21(29(22)25(20)32)24(31)27-19-11-6-9-17-8-4-5-10-18(17)19/h4-6,8-11,16,20-22,26H,3,7,12-15H2,1-2H3,(H,27,31)(H,28,30)/t16-,20?,21?,22?/m1/s1. The second-order valence-electron chi connectivity index (χ2n) is 8.84. The molecular weight excluding hydrogens is 404 g/mol. The molecule has 7 nitrogen and oxygen atoms in total. The highest BCUT2D eigenvalue weighted by atomic mass is 16.2. The molecule has 2 aromatic rings. The van der Waals surface area contributed by atoms with Gasteiger partial charge in [0.15, 0.2) is 0 Å². The Labute approximate surface area is 188 Å². The van der Waals surface area contributed by atoms with Crippen molar-refractivity contribution in [1.82, 2.24) is 15.5 Å². The first-order valence-corrected chi connectivity index (χ1v) is 11.6. The molecule has 170 valence electrons. The molecule has 0 saturated carbocycles. The molecule has 0 aromatic heterocycles. The second-order valence-corrected chi connectivity index (χ2v) is 8.84. The number of fused-ring (bicyclic) bond motifs is 2. The van der Waals surface area contributed by atoms with Crippen LogP contribution >= 0.6 is 0 Å². The minimum atomic E-state index is -0.591. The van der Waals surface area contributed by atoms with E-state index in [0.717, 1.165) is 35.8 Å². The fourth-order valence-corrected chi connectivity index (χ4v) is 4.64. The highest BCUT2D eigenvalue weighted by molar-refractivity contribution is 6.05. The molecule has 2 aliphatic heterocycles. The SMILES string of the molecule is CC[C@@H](C)C(=O)NC1CCCNC2CCC(C(=O)Nc3cccc4ccccc34)N2C1=O. The van der Waals surface area contributed by atoms with Gasteiger partial charge in [-0.05, 0) is 50.1 Å². The maximum Gasteiger partial charge on any atom is 0.247 e. The Morgan fingerprint density at radius 1 is 1.12 bits per heavy atom. The van der Waals surface area contributed by atoms with Gasteiger partial charge in [0.2, 0.25) is 17.7 Å². The Bertz CT molecular complexity index is 1000. The van der Waals surface area contributed by atoms with Gasteiger partial charge in [-0.2, -0.15) is 0 Å². The molecule has 4 rings (SSSR count). The molecule has 0 aliphatic carbocycles. The van der Waals surface area contributed by atoms with Gasteiger partial charge in [0.05, 0.1) is 6.17 Å². The molecular formula is C25H32N4O3. The van der Waals surface area contributed by atoms with Gasteiger partial charge in [0.1, 0.15) is 12.1 Å². The van der Waals surface area contributed by atoms with Crippen molar-refractivity contribution in [3.63, 3.8) is 0 Å². The van der Waals surface area contributed by atoms with E-state index >= 15 is 0 Å². The zero-order valence-electron chi connectivity index (χ0n) is 18.8. The third kappa shape index (κ3) is 4.48. The summed E-state index contributed by atoms with van der Waals surface area (Å²) in [5.74, 6) is -0.612. The van der Waals surface area contributed by atoms with E-state index in [1.807, 2.05) is 56.3 Å². The fourth-order valence-electron chi connectivity index (χ4n) is 4.64. The number of benzene rings is 2. The van der Waals surface area contributed by atoms with Gasteiger partial charge in [-0.3, -0.25) is 19.7 Å². The van der Waals surface area contributed by atoms with E-state index in [-0.39, 0.29) is 29.8 Å². The normalized spacial score (nSPS) is 24.4. The van der Waals surface area contributed by atoms with Gasteiger partial charge < -0.3 is 15.5 Å². The minimum Gasteiger partial charge on any atom is -0.344 e. The van der Waals surface area contributed by atoms with Crippen molar-refractivity contribution >= 4 is 34.2 Å². The number of nitrogens with zero attached hydrogens (tertiary/aromatic N) is 1. The number of nitrogens with one attached hydrogen (secondary N) is 3. The van der Waals surface area contributed by atoms with E-state index in [2.05, 4.69) is 16.0 Å². The summed E-state index contributed by atoms with van der Waals surface area (Å²) in [5, 5.41) is 11.4. The van der Waals surface area contributed by atoms with Crippen molar-refractivity contribution in [3.8, 4) is 0 Å². The van der Waals surface area contributed by atoms with Crippen molar-refractivity contribution in [2.24, 2.45) is 5.92 Å². The third-order valence-electron chi connectivity index (χ3n) is 6.71. The van der Waals surface area contributed by atoms with E-state index in [0.29, 0.717) is 19.3 Å². The highest BCUT2D eigenvalue weighted by Gasteiger charge is 2.44. The molecule has 3 unspecified atom stereocenters. The Morgan fingerprint density at radius 3 is 2.72 bits per heavy atom. The average Bonchev–Trinajstić information content (AvgIpc) is 3.22. The van der Waals surface area contributed by atoms with Crippen LogP contribution in [-0.4, -0.2) is 47.4 Å². The van der Waals surface area contributed by atoms with Crippen LogP contribution in [0.25, 0.3) is 10.8 Å². The van der Waals surface area contributed by atoms with Crippen molar-refractivity contribution in [2.75, 3.05) is 11.9 Å². The van der Waals surface area contributed by atoms with Crippen molar-refractivity contribution in [1.29, 1.82) is 0 Å².